The molecule has 0 aliphatic carbocycles. The number of rotatable bonds is 3. The molecule has 0 bridgehead atoms. The lowest BCUT2D eigenvalue weighted by molar-refractivity contribution is -0.115. The maximum atomic E-state index is 11.7. The summed E-state index contributed by atoms with van der Waals surface area (Å²) in [4.78, 5) is 11.7. The van der Waals surface area contributed by atoms with Gasteiger partial charge in [-0.15, -0.1) is 0 Å². The van der Waals surface area contributed by atoms with Crippen LogP contribution in [0.2, 0.25) is 0 Å². The van der Waals surface area contributed by atoms with Crippen LogP contribution in [0.5, 0.6) is 0 Å². The summed E-state index contributed by atoms with van der Waals surface area (Å²) < 4.78 is 0. The van der Waals surface area contributed by atoms with Gasteiger partial charge in [-0.2, -0.15) is 5.10 Å². The zero-order valence-corrected chi connectivity index (χ0v) is 9.53. The Hall–Kier alpha value is -2.30. The van der Waals surface area contributed by atoms with Crippen LogP contribution in [0.1, 0.15) is 11.1 Å². The number of aromatic amines is 1. The highest BCUT2D eigenvalue weighted by Gasteiger charge is 2.07. The molecule has 0 aliphatic heterocycles. The summed E-state index contributed by atoms with van der Waals surface area (Å²) in [5.74, 6) is 0.326. The second kappa shape index (κ2) is 4.69. The van der Waals surface area contributed by atoms with Gasteiger partial charge >= 0.3 is 0 Å². The smallest absolute Gasteiger partial charge is 0.229 e. The quantitative estimate of drug-likeness (QED) is 0.746. The van der Waals surface area contributed by atoms with E-state index in [-0.39, 0.29) is 5.91 Å². The van der Waals surface area contributed by atoms with Gasteiger partial charge in [0.2, 0.25) is 5.91 Å². The first-order valence-corrected chi connectivity index (χ1v) is 5.29. The van der Waals surface area contributed by atoms with Gasteiger partial charge in [0.1, 0.15) is 0 Å². The van der Waals surface area contributed by atoms with Crippen molar-refractivity contribution < 1.29 is 4.79 Å². The van der Waals surface area contributed by atoms with E-state index < -0.39 is 0 Å². The van der Waals surface area contributed by atoms with Crippen LogP contribution in [-0.4, -0.2) is 16.1 Å². The van der Waals surface area contributed by atoms with Gasteiger partial charge in [0.25, 0.3) is 0 Å². The Morgan fingerprint density at radius 2 is 2.12 bits per heavy atom. The minimum atomic E-state index is -0.121. The topological polar surface area (TPSA) is 83.8 Å². The number of nitrogens with zero attached hydrogens (tertiary/aromatic N) is 1. The van der Waals surface area contributed by atoms with Gasteiger partial charge < -0.3 is 11.1 Å². The lowest BCUT2D eigenvalue weighted by Gasteiger charge is -2.04. The number of anilines is 2. The summed E-state index contributed by atoms with van der Waals surface area (Å²) >= 11 is 0. The molecule has 5 heteroatoms. The molecule has 4 N–H and O–H groups in total. The highest BCUT2D eigenvalue weighted by molar-refractivity contribution is 5.93. The number of H-pyrrole nitrogens is 1. The Labute approximate surface area is 99.0 Å². The minimum absolute atomic E-state index is 0.121. The second-order valence-electron chi connectivity index (χ2n) is 3.91. The molecule has 2 rings (SSSR count). The van der Waals surface area contributed by atoms with E-state index in [4.69, 9.17) is 5.73 Å². The molecular formula is C12H14N4O. The SMILES string of the molecule is Cc1ccc(CC(=O)Nc2[nH]ncc2N)cc1. The van der Waals surface area contributed by atoms with Crippen LogP contribution in [0.4, 0.5) is 11.5 Å². The Morgan fingerprint density at radius 1 is 1.41 bits per heavy atom. The summed E-state index contributed by atoms with van der Waals surface area (Å²) in [6.07, 6.45) is 1.78. The molecule has 0 unspecified atom stereocenters. The maximum Gasteiger partial charge on any atom is 0.229 e. The van der Waals surface area contributed by atoms with Gasteiger partial charge in [-0.3, -0.25) is 9.89 Å². The van der Waals surface area contributed by atoms with Crippen molar-refractivity contribution in [3.05, 3.63) is 41.6 Å². The lowest BCUT2D eigenvalue weighted by Crippen LogP contribution is -2.15. The van der Waals surface area contributed by atoms with Crippen LogP contribution in [0.3, 0.4) is 0 Å². The first-order valence-electron chi connectivity index (χ1n) is 5.29. The van der Waals surface area contributed by atoms with E-state index >= 15 is 0 Å². The second-order valence-corrected chi connectivity index (χ2v) is 3.91. The predicted molar refractivity (Wildman–Crippen MR) is 66.5 cm³/mol. The number of nitrogens with two attached hydrogens (primary N) is 1. The van der Waals surface area contributed by atoms with E-state index in [1.54, 1.807) is 0 Å². The Balaban J connectivity index is 1.98. The van der Waals surface area contributed by atoms with Crippen LogP contribution in [0, 0.1) is 6.92 Å². The zero-order valence-electron chi connectivity index (χ0n) is 9.53. The van der Waals surface area contributed by atoms with E-state index in [0.717, 1.165) is 5.56 Å². The summed E-state index contributed by atoms with van der Waals surface area (Å²) in [5.41, 5.74) is 8.16. The average molecular weight is 230 g/mol. The number of aryl methyl sites for hydroxylation is 1. The van der Waals surface area contributed by atoms with Gasteiger partial charge in [0, 0.05) is 0 Å². The largest absolute Gasteiger partial charge is 0.394 e. The van der Waals surface area contributed by atoms with Crippen molar-refractivity contribution in [3.63, 3.8) is 0 Å². The van der Waals surface area contributed by atoms with Crippen molar-refractivity contribution in [1.82, 2.24) is 10.2 Å². The summed E-state index contributed by atoms with van der Waals surface area (Å²) in [5, 5.41) is 9.02. The third-order valence-electron chi connectivity index (χ3n) is 2.42. The number of nitrogens with one attached hydrogen (secondary N) is 2. The molecule has 88 valence electrons. The summed E-state index contributed by atoms with van der Waals surface area (Å²) in [6, 6.07) is 7.83. The third-order valence-corrected chi connectivity index (χ3v) is 2.42. The molecule has 0 saturated carbocycles. The van der Waals surface area contributed by atoms with Gasteiger partial charge in [0.15, 0.2) is 5.82 Å². The number of carbonyl (C=O) groups is 1. The first-order chi connectivity index (χ1) is 8.15. The molecule has 1 aromatic carbocycles. The zero-order chi connectivity index (χ0) is 12.3. The molecule has 0 atom stereocenters. The van der Waals surface area contributed by atoms with E-state index in [0.29, 0.717) is 17.9 Å². The molecule has 0 spiro atoms. The molecule has 17 heavy (non-hydrogen) atoms. The highest BCUT2D eigenvalue weighted by atomic mass is 16.1. The Bertz CT molecular complexity index is 516. The fourth-order valence-corrected chi connectivity index (χ4v) is 1.47. The monoisotopic (exact) mass is 230 g/mol. The molecule has 0 saturated heterocycles. The molecular weight excluding hydrogens is 216 g/mol. The molecule has 0 aliphatic rings. The van der Waals surface area contributed by atoms with E-state index in [2.05, 4.69) is 15.5 Å². The molecule has 0 fully saturated rings. The third kappa shape index (κ3) is 2.84. The molecule has 0 radical (unpaired) electrons. The summed E-state index contributed by atoms with van der Waals surface area (Å²) in [6.45, 7) is 2.01. The van der Waals surface area contributed by atoms with Crippen molar-refractivity contribution in [2.24, 2.45) is 0 Å². The molecule has 1 aromatic heterocycles. The van der Waals surface area contributed by atoms with Crippen LogP contribution < -0.4 is 11.1 Å². The van der Waals surface area contributed by atoms with Crippen molar-refractivity contribution in [3.8, 4) is 0 Å². The molecule has 2 aromatic rings. The van der Waals surface area contributed by atoms with Crippen molar-refractivity contribution >= 4 is 17.4 Å². The lowest BCUT2D eigenvalue weighted by atomic mass is 10.1. The number of benzene rings is 1. The molecule has 1 heterocycles. The normalized spacial score (nSPS) is 10.2. The van der Waals surface area contributed by atoms with Crippen LogP contribution in [0.15, 0.2) is 30.5 Å². The van der Waals surface area contributed by atoms with Crippen molar-refractivity contribution in [1.29, 1.82) is 0 Å². The number of aromatic nitrogens is 2. The predicted octanol–water partition coefficient (Wildman–Crippen LogP) is 1.48. The van der Waals surface area contributed by atoms with Gasteiger partial charge in [-0.1, -0.05) is 29.8 Å². The number of nitrogen functional groups attached to an aromatic ring is 1. The van der Waals surface area contributed by atoms with Gasteiger partial charge in [-0.25, -0.2) is 0 Å². The standard InChI is InChI=1S/C12H14N4O/c1-8-2-4-9(5-3-8)6-11(17)15-12-10(13)7-14-16-12/h2-5,7H,6,13H2,1H3,(H2,14,15,16,17). The highest BCUT2D eigenvalue weighted by Crippen LogP contribution is 2.13. The minimum Gasteiger partial charge on any atom is -0.394 e. The van der Waals surface area contributed by atoms with Crippen LogP contribution in [0.25, 0.3) is 0 Å². The average Bonchev–Trinajstić information content (AvgIpc) is 2.68. The maximum absolute atomic E-state index is 11.7. The number of carbonyl (C=O) groups excluding carboxylic acids is 1. The number of hydrogen-bond donors (Lipinski definition) is 3. The van der Waals surface area contributed by atoms with E-state index in [1.807, 2.05) is 31.2 Å². The Morgan fingerprint density at radius 3 is 2.71 bits per heavy atom. The number of hydrogen-bond acceptors (Lipinski definition) is 3. The van der Waals surface area contributed by atoms with Crippen LogP contribution >= 0.6 is 0 Å². The van der Waals surface area contributed by atoms with Gasteiger partial charge in [-0.05, 0) is 12.5 Å². The first kappa shape index (κ1) is 11.2. The Kier molecular flexibility index (Phi) is 3.09. The fourth-order valence-electron chi connectivity index (χ4n) is 1.47. The summed E-state index contributed by atoms with van der Waals surface area (Å²) in [7, 11) is 0. The molecule has 1 amide bonds. The van der Waals surface area contributed by atoms with Crippen LogP contribution in [-0.2, 0) is 11.2 Å². The number of amides is 1. The molecule has 5 nitrogen and oxygen atoms in total. The van der Waals surface area contributed by atoms with Crippen molar-refractivity contribution in [2.75, 3.05) is 11.1 Å². The van der Waals surface area contributed by atoms with Crippen molar-refractivity contribution in [2.45, 2.75) is 13.3 Å². The van der Waals surface area contributed by atoms with Gasteiger partial charge in [0.05, 0.1) is 18.3 Å². The van der Waals surface area contributed by atoms with E-state index in [1.165, 1.54) is 11.8 Å². The fraction of sp³-hybridized carbons (Fsp3) is 0.167. The van der Waals surface area contributed by atoms with E-state index in [9.17, 15) is 4.79 Å².